The molecule has 0 radical (unpaired) electrons. The van der Waals surface area contributed by atoms with Gasteiger partial charge >= 0.3 is 6.18 Å². The molecule has 1 rings (SSSR count). The van der Waals surface area contributed by atoms with Crippen LogP contribution in [0, 0.1) is 6.92 Å². The van der Waals surface area contributed by atoms with E-state index in [0.29, 0.717) is 9.90 Å². The van der Waals surface area contributed by atoms with Crippen molar-refractivity contribution in [1.29, 1.82) is 0 Å². The minimum absolute atomic E-state index is 0.254. The second kappa shape index (κ2) is 4.08. The van der Waals surface area contributed by atoms with E-state index >= 15 is 0 Å². The maximum atomic E-state index is 11.9. The van der Waals surface area contributed by atoms with Crippen molar-refractivity contribution >= 4 is 22.9 Å². The van der Waals surface area contributed by atoms with Crippen LogP contribution in [0.25, 0.3) is 0 Å². The highest BCUT2D eigenvalue weighted by Crippen LogP contribution is 2.36. The number of aliphatic hydroxyl groups is 1. The van der Waals surface area contributed by atoms with Gasteiger partial charge < -0.3 is 5.11 Å². The quantitative estimate of drug-likeness (QED) is 0.841. The van der Waals surface area contributed by atoms with Crippen LogP contribution in [0.2, 0.25) is 4.34 Å². The molecule has 0 saturated carbocycles. The first-order chi connectivity index (χ1) is 6.29. The van der Waals surface area contributed by atoms with Gasteiger partial charge in [0.15, 0.2) is 0 Å². The van der Waals surface area contributed by atoms with Gasteiger partial charge in [0.1, 0.15) is 0 Å². The van der Waals surface area contributed by atoms with E-state index in [1.807, 2.05) is 0 Å². The van der Waals surface area contributed by atoms with Gasteiger partial charge in [0.2, 0.25) is 0 Å². The predicted octanol–water partition coefficient (Wildman–Crippen LogP) is 3.70. The van der Waals surface area contributed by atoms with Crippen molar-refractivity contribution in [3.8, 4) is 0 Å². The number of halogens is 4. The molecule has 0 aliphatic rings. The number of aryl methyl sites for hydroxylation is 1. The molecule has 1 atom stereocenters. The number of hydrogen-bond donors (Lipinski definition) is 1. The first kappa shape index (κ1) is 11.8. The molecule has 14 heavy (non-hydrogen) atoms. The van der Waals surface area contributed by atoms with Crippen LogP contribution in [0.3, 0.4) is 0 Å². The lowest BCUT2D eigenvalue weighted by molar-refractivity contribution is -0.153. The zero-order valence-electron chi connectivity index (χ0n) is 7.23. The average molecular weight is 245 g/mol. The molecule has 1 aromatic heterocycles. The second-order valence-corrected chi connectivity index (χ2v) is 4.63. The Bertz CT molecular complexity index is 301. The normalized spacial score (nSPS) is 14.4. The Morgan fingerprint density at radius 2 is 2.14 bits per heavy atom. The highest BCUT2D eigenvalue weighted by Gasteiger charge is 2.32. The molecule has 0 aliphatic carbocycles. The number of rotatable bonds is 2. The van der Waals surface area contributed by atoms with Gasteiger partial charge in [-0.25, -0.2) is 0 Å². The Balaban J connectivity index is 2.75. The fourth-order valence-corrected chi connectivity index (χ4v) is 2.17. The summed E-state index contributed by atoms with van der Waals surface area (Å²) in [4.78, 5) is 0.254. The topological polar surface area (TPSA) is 20.2 Å². The van der Waals surface area contributed by atoms with E-state index in [4.69, 9.17) is 11.6 Å². The summed E-state index contributed by atoms with van der Waals surface area (Å²) < 4.78 is 36.1. The Morgan fingerprint density at radius 3 is 2.50 bits per heavy atom. The molecule has 80 valence electrons. The summed E-state index contributed by atoms with van der Waals surface area (Å²) in [6.07, 6.45) is -7.10. The number of hydrogen-bond acceptors (Lipinski definition) is 2. The summed E-state index contributed by atoms with van der Waals surface area (Å²) in [7, 11) is 0. The van der Waals surface area contributed by atoms with Gasteiger partial charge in [-0.1, -0.05) is 11.6 Å². The average Bonchev–Trinajstić information content (AvgIpc) is 2.28. The van der Waals surface area contributed by atoms with Crippen LogP contribution in [0.1, 0.15) is 23.0 Å². The third kappa shape index (κ3) is 3.15. The minimum Gasteiger partial charge on any atom is -0.387 e. The molecule has 1 aromatic rings. The van der Waals surface area contributed by atoms with E-state index in [9.17, 15) is 18.3 Å². The van der Waals surface area contributed by atoms with Crippen LogP contribution < -0.4 is 0 Å². The van der Waals surface area contributed by atoms with E-state index in [-0.39, 0.29) is 4.88 Å². The van der Waals surface area contributed by atoms with Gasteiger partial charge in [-0.2, -0.15) is 13.2 Å². The van der Waals surface area contributed by atoms with E-state index in [0.717, 1.165) is 11.3 Å². The molecule has 0 bridgehead atoms. The Morgan fingerprint density at radius 1 is 1.57 bits per heavy atom. The first-order valence-corrected chi connectivity index (χ1v) is 4.99. The molecule has 1 N–H and O–H groups in total. The number of thiophene rings is 1. The van der Waals surface area contributed by atoms with Crippen LogP contribution in [0.4, 0.5) is 13.2 Å². The standard InChI is InChI=1S/C8H8ClF3OS/c1-4-2-6(14-7(4)9)5(13)3-8(10,11)12/h2,5,13H,3H2,1H3. The van der Waals surface area contributed by atoms with Crippen molar-refractivity contribution in [1.82, 2.24) is 0 Å². The number of aliphatic hydroxyl groups excluding tert-OH is 1. The summed E-state index contributed by atoms with van der Waals surface area (Å²) in [5.74, 6) is 0. The maximum absolute atomic E-state index is 11.9. The number of alkyl halides is 3. The van der Waals surface area contributed by atoms with Gasteiger partial charge in [0.25, 0.3) is 0 Å². The molecule has 0 aliphatic heterocycles. The van der Waals surface area contributed by atoms with Gasteiger partial charge in [0.05, 0.1) is 16.9 Å². The highest BCUT2D eigenvalue weighted by atomic mass is 35.5. The smallest absolute Gasteiger partial charge is 0.387 e. The van der Waals surface area contributed by atoms with Crippen LogP contribution in [0.5, 0.6) is 0 Å². The molecule has 0 spiro atoms. The lowest BCUT2D eigenvalue weighted by Crippen LogP contribution is -2.12. The van der Waals surface area contributed by atoms with Gasteiger partial charge in [0, 0.05) is 4.88 Å². The Hall–Kier alpha value is -0.260. The van der Waals surface area contributed by atoms with Crippen LogP contribution in [-0.4, -0.2) is 11.3 Å². The summed E-state index contributed by atoms with van der Waals surface area (Å²) in [6, 6.07) is 1.48. The summed E-state index contributed by atoms with van der Waals surface area (Å²) in [5, 5.41) is 9.23. The largest absolute Gasteiger partial charge is 0.391 e. The maximum Gasteiger partial charge on any atom is 0.391 e. The molecule has 0 fully saturated rings. The first-order valence-electron chi connectivity index (χ1n) is 3.80. The molecular weight excluding hydrogens is 237 g/mol. The van der Waals surface area contributed by atoms with Crippen molar-refractivity contribution < 1.29 is 18.3 Å². The van der Waals surface area contributed by atoms with Crippen molar-refractivity contribution in [3.05, 3.63) is 20.8 Å². The molecule has 0 saturated heterocycles. The lowest BCUT2D eigenvalue weighted by Gasteiger charge is -2.10. The van der Waals surface area contributed by atoms with Gasteiger partial charge in [-0.05, 0) is 18.6 Å². The molecule has 0 amide bonds. The van der Waals surface area contributed by atoms with Crippen LogP contribution >= 0.6 is 22.9 Å². The van der Waals surface area contributed by atoms with Crippen LogP contribution in [-0.2, 0) is 0 Å². The predicted molar refractivity (Wildman–Crippen MR) is 49.7 cm³/mol. The monoisotopic (exact) mass is 244 g/mol. The van der Waals surface area contributed by atoms with Gasteiger partial charge in [-0.15, -0.1) is 11.3 Å². The molecular formula is C8H8ClF3OS. The van der Waals surface area contributed by atoms with Crippen molar-refractivity contribution in [2.75, 3.05) is 0 Å². The molecule has 1 heterocycles. The lowest BCUT2D eigenvalue weighted by atomic mass is 10.2. The molecule has 0 aromatic carbocycles. The zero-order chi connectivity index (χ0) is 10.9. The third-order valence-electron chi connectivity index (χ3n) is 1.63. The fourth-order valence-electron chi connectivity index (χ4n) is 0.968. The molecule has 1 unspecified atom stereocenters. The van der Waals surface area contributed by atoms with Crippen LogP contribution in [0.15, 0.2) is 6.07 Å². The van der Waals surface area contributed by atoms with Crippen molar-refractivity contribution in [3.63, 3.8) is 0 Å². The fraction of sp³-hybridized carbons (Fsp3) is 0.500. The van der Waals surface area contributed by atoms with E-state index < -0.39 is 18.7 Å². The minimum atomic E-state index is -4.36. The van der Waals surface area contributed by atoms with Crippen molar-refractivity contribution in [2.24, 2.45) is 0 Å². The van der Waals surface area contributed by atoms with E-state index in [1.165, 1.54) is 6.07 Å². The van der Waals surface area contributed by atoms with Gasteiger partial charge in [-0.3, -0.25) is 0 Å². The molecule has 1 nitrogen and oxygen atoms in total. The molecule has 6 heteroatoms. The summed E-state index contributed by atoms with van der Waals surface area (Å²) >= 11 is 6.65. The summed E-state index contributed by atoms with van der Waals surface area (Å²) in [5.41, 5.74) is 0.688. The summed E-state index contributed by atoms with van der Waals surface area (Å²) in [6.45, 7) is 1.68. The third-order valence-corrected chi connectivity index (χ3v) is 3.29. The second-order valence-electron chi connectivity index (χ2n) is 2.94. The Labute approximate surface area is 88.1 Å². The van der Waals surface area contributed by atoms with Crippen molar-refractivity contribution in [2.45, 2.75) is 25.6 Å². The SMILES string of the molecule is Cc1cc(C(O)CC(F)(F)F)sc1Cl. The highest BCUT2D eigenvalue weighted by molar-refractivity contribution is 7.16. The zero-order valence-corrected chi connectivity index (χ0v) is 8.80. The Kier molecular flexibility index (Phi) is 3.44. The van der Waals surface area contributed by atoms with E-state index in [1.54, 1.807) is 6.92 Å². The van der Waals surface area contributed by atoms with E-state index in [2.05, 4.69) is 0 Å².